The maximum atomic E-state index is 5.34. The summed E-state index contributed by atoms with van der Waals surface area (Å²) in [5.41, 5.74) is 0. The summed E-state index contributed by atoms with van der Waals surface area (Å²) in [7, 11) is 0. The molecule has 0 aliphatic carbocycles. The zero-order chi connectivity index (χ0) is 7.68. The van der Waals surface area contributed by atoms with Crippen molar-refractivity contribution in [3.63, 3.8) is 0 Å². The van der Waals surface area contributed by atoms with Crippen LogP contribution in [0.15, 0.2) is 21.2 Å². The third-order valence-electron chi connectivity index (χ3n) is 2.02. The van der Waals surface area contributed by atoms with Crippen molar-refractivity contribution in [2.75, 3.05) is 6.54 Å². The van der Waals surface area contributed by atoms with E-state index in [-0.39, 0.29) is 0 Å². The molecular weight excluding hydrogens is 206 g/mol. The first-order valence-electron chi connectivity index (χ1n) is 3.84. The summed E-state index contributed by atoms with van der Waals surface area (Å²) in [5, 5.41) is 3.38. The van der Waals surface area contributed by atoms with Gasteiger partial charge >= 0.3 is 0 Å². The van der Waals surface area contributed by atoms with E-state index < -0.39 is 0 Å². The first kappa shape index (κ1) is 7.37. The van der Waals surface area contributed by atoms with Crippen molar-refractivity contribution in [1.29, 1.82) is 0 Å². The highest BCUT2D eigenvalue weighted by molar-refractivity contribution is 9.10. The van der Waals surface area contributed by atoms with E-state index in [4.69, 9.17) is 4.42 Å². The largest absolute Gasteiger partial charge is 0.466 e. The number of hydrogen-bond acceptors (Lipinski definition) is 2. The molecule has 60 valence electrons. The van der Waals surface area contributed by atoms with Gasteiger partial charge in [0.15, 0.2) is 0 Å². The van der Waals surface area contributed by atoms with Gasteiger partial charge in [0.1, 0.15) is 5.76 Å². The van der Waals surface area contributed by atoms with Crippen molar-refractivity contribution in [3.05, 3.63) is 22.6 Å². The maximum Gasteiger partial charge on any atom is 0.134 e. The molecule has 1 aromatic rings. The highest BCUT2D eigenvalue weighted by Crippen LogP contribution is 2.29. The Morgan fingerprint density at radius 2 is 2.55 bits per heavy atom. The molecule has 1 aromatic heterocycles. The predicted molar refractivity (Wildman–Crippen MR) is 46.4 cm³/mol. The zero-order valence-electron chi connectivity index (χ0n) is 6.14. The Bertz CT molecular complexity index is 240. The van der Waals surface area contributed by atoms with E-state index in [0.29, 0.717) is 6.04 Å². The second-order valence-corrected chi connectivity index (χ2v) is 3.64. The molecule has 1 aliphatic rings. The smallest absolute Gasteiger partial charge is 0.134 e. The van der Waals surface area contributed by atoms with Crippen LogP contribution < -0.4 is 5.32 Å². The summed E-state index contributed by atoms with van der Waals surface area (Å²) < 4.78 is 6.42. The van der Waals surface area contributed by atoms with Crippen LogP contribution in [0.4, 0.5) is 0 Å². The molecule has 1 N–H and O–H groups in total. The van der Waals surface area contributed by atoms with Crippen LogP contribution in [-0.4, -0.2) is 6.54 Å². The van der Waals surface area contributed by atoms with E-state index in [1.165, 1.54) is 12.8 Å². The Balaban J connectivity index is 2.21. The lowest BCUT2D eigenvalue weighted by Gasteiger charge is -2.05. The second-order valence-electron chi connectivity index (χ2n) is 2.78. The lowest BCUT2D eigenvalue weighted by molar-refractivity contribution is 0.443. The van der Waals surface area contributed by atoms with E-state index in [0.717, 1.165) is 16.8 Å². The minimum absolute atomic E-state index is 0.430. The predicted octanol–water partition coefficient (Wildman–Crippen LogP) is 2.47. The van der Waals surface area contributed by atoms with Crippen LogP contribution in [0, 0.1) is 0 Å². The normalized spacial score (nSPS) is 24.3. The van der Waals surface area contributed by atoms with Crippen molar-refractivity contribution < 1.29 is 4.42 Å². The monoisotopic (exact) mass is 215 g/mol. The van der Waals surface area contributed by atoms with E-state index >= 15 is 0 Å². The van der Waals surface area contributed by atoms with Crippen molar-refractivity contribution in [1.82, 2.24) is 5.32 Å². The second kappa shape index (κ2) is 2.99. The molecule has 0 amide bonds. The summed E-state index contributed by atoms with van der Waals surface area (Å²) in [5.74, 6) is 1.04. The summed E-state index contributed by atoms with van der Waals surface area (Å²) in [6.07, 6.45) is 4.16. The van der Waals surface area contributed by atoms with Crippen molar-refractivity contribution in [3.8, 4) is 0 Å². The molecule has 1 fully saturated rings. The highest BCUT2D eigenvalue weighted by Gasteiger charge is 2.20. The third kappa shape index (κ3) is 1.35. The van der Waals surface area contributed by atoms with Crippen molar-refractivity contribution in [2.24, 2.45) is 0 Å². The molecule has 2 heterocycles. The molecule has 0 aromatic carbocycles. The average Bonchev–Trinajstić information content (AvgIpc) is 2.55. The fourth-order valence-corrected chi connectivity index (χ4v) is 1.94. The lowest BCUT2D eigenvalue weighted by atomic mass is 10.2. The highest BCUT2D eigenvalue weighted by atomic mass is 79.9. The number of nitrogens with one attached hydrogen (secondary N) is 1. The first-order valence-corrected chi connectivity index (χ1v) is 4.63. The number of furan rings is 1. The molecule has 0 radical (unpaired) electrons. The lowest BCUT2D eigenvalue weighted by Crippen LogP contribution is -2.12. The third-order valence-corrected chi connectivity index (χ3v) is 2.68. The summed E-state index contributed by atoms with van der Waals surface area (Å²) in [4.78, 5) is 0. The van der Waals surface area contributed by atoms with E-state index in [2.05, 4.69) is 21.2 Å². The molecule has 11 heavy (non-hydrogen) atoms. The van der Waals surface area contributed by atoms with Gasteiger partial charge in [-0.1, -0.05) is 0 Å². The molecule has 1 atom stereocenters. The molecule has 0 saturated carbocycles. The van der Waals surface area contributed by atoms with Crippen LogP contribution >= 0.6 is 15.9 Å². The summed E-state index contributed by atoms with van der Waals surface area (Å²) >= 11 is 3.44. The number of hydrogen-bond donors (Lipinski definition) is 1. The standard InChI is InChI=1S/C8H10BrNO/c9-6-3-5-11-8(6)7-2-1-4-10-7/h3,5,7,10H,1-2,4H2. The minimum Gasteiger partial charge on any atom is -0.466 e. The van der Waals surface area contributed by atoms with E-state index in [1.807, 2.05) is 6.07 Å². The minimum atomic E-state index is 0.430. The fraction of sp³-hybridized carbons (Fsp3) is 0.500. The molecular formula is C8H10BrNO. The fourth-order valence-electron chi connectivity index (χ4n) is 1.46. The quantitative estimate of drug-likeness (QED) is 0.779. The van der Waals surface area contributed by atoms with Crippen LogP contribution in [-0.2, 0) is 0 Å². The molecule has 2 nitrogen and oxygen atoms in total. The van der Waals surface area contributed by atoms with Gasteiger partial charge in [-0.3, -0.25) is 0 Å². The number of halogens is 1. The van der Waals surface area contributed by atoms with Crippen LogP contribution in [0.1, 0.15) is 24.6 Å². The summed E-state index contributed by atoms with van der Waals surface area (Å²) in [6, 6.07) is 2.37. The Hall–Kier alpha value is -0.280. The molecule has 0 spiro atoms. The Kier molecular flexibility index (Phi) is 2.00. The average molecular weight is 216 g/mol. The Labute approximate surface area is 74.1 Å². The SMILES string of the molecule is Brc1ccoc1C1CCCN1. The van der Waals surface area contributed by atoms with Crippen LogP contribution in [0.5, 0.6) is 0 Å². The van der Waals surface area contributed by atoms with Gasteiger partial charge in [-0.25, -0.2) is 0 Å². The molecule has 0 bridgehead atoms. The van der Waals surface area contributed by atoms with Gasteiger partial charge in [0.2, 0.25) is 0 Å². The van der Waals surface area contributed by atoms with E-state index in [1.54, 1.807) is 6.26 Å². The topological polar surface area (TPSA) is 25.2 Å². The molecule has 1 unspecified atom stereocenters. The molecule has 2 rings (SSSR count). The van der Waals surface area contributed by atoms with Gasteiger partial charge in [0, 0.05) is 0 Å². The van der Waals surface area contributed by atoms with Crippen LogP contribution in [0.25, 0.3) is 0 Å². The summed E-state index contributed by atoms with van der Waals surface area (Å²) in [6.45, 7) is 1.11. The number of rotatable bonds is 1. The molecule has 1 aliphatic heterocycles. The van der Waals surface area contributed by atoms with Gasteiger partial charge in [-0.2, -0.15) is 0 Å². The van der Waals surface area contributed by atoms with Gasteiger partial charge in [-0.15, -0.1) is 0 Å². The van der Waals surface area contributed by atoms with Gasteiger partial charge in [0.05, 0.1) is 16.8 Å². The Morgan fingerprint density at radius 1 is 1.64 bits per heavy atom. The molecule has 1 saturated heterocycles. The molecule has 3 heteroatoms. The van der Waals surface area contributed by atoms with Crippen molar-refractivity contribution >= 4 is 15.9 Å². The van der Waals surface area contributed by atoms with Gasteiger partial charge < -0.3 is 9.73 Å². The van der Waals surface area contributed by atoms with Gasteiger partial charge in [0.25, 0.3) is 0 Å². The van der Waals surface area contributed by atoms with Crippen LogP contribution in [0.2, 0.25) is 0 Å². The van der Waals surface area contributed by atoms with Crippen molar-refractivity contribution in [2.45, 2.75) is 18.9 Å². The van der Waals surface area contributed by atoms with Crippen LogP contribution in [0.3, 0.4) is 0 Å². The van der Waals surface area contributed by atoms with Gasteiger partial charge in [-0.05, 0) is 41.4 Å². The Morgan fingerprint density at radius 3 is 3.09 bits per heavy atom. The zero-order valence-corrected chi connectivity index (χ0v) is 7.73. The van der Waals surface area contributed by atoms with E-state index in [9.17, 15) is 0 Å². The maximum absolute atomic E-state index is 5.34. The first-order chi connectivity index (χ1) is 5.38.